The third-order valence-corrected chi connectivity index (χ3v) is 7.11. The maximum atomic E-state index is 12.8. The number of ether oxygens (including phenoxy) is 1. The summed E-state index contributed by atoms with van der Waals surface area (Å²) in [5.74, 6) is 0.522. The minimum absolute atomic E-state index is 0.0392. The van der Waals surface area contributed by atoms with Gasteiger partial charge in [-0.3, -0.25) is 9.52 Å². The van der Waals surface area contributed by atoms with Crippen LogP contribution in [0, 0.1) is 13.8 Å². The molecule has 0 unspecified atom stereocenters. The summed E-state index contributed by atoms with van der Waals surface area (Å²) in [6, 6.07) is 19.4. The number of methoxy groups -OCH3 is 1. The first-order valence-electron chi connectivity index (χ1n) is 10.9. The van der Waals surface area contributed by atoms with Crippen LogP contribution >= 0.6 is 0 Å². The lowest BCUT2D eigenvalue weighted by Crippen LogP contribution is -2.34. The number of carbonyl (C=O) groups is 1. The number of hydrogen-bond acceptors (Lipinski definition) is 5. The lowest BCUT2D eigenvalue weighted by molar-refractivity contribution is 0.0942. The van der Waals surface area contributed by atoms with Gasteiger partial charge in [-0.25, -0.2) is 8.42 Å². The number of amides is 1. The largest absolute Gasteiger partial charge is 0.497 e. The van der Waals surface area contributed by atoms with Crippen LogP contribution in [0.25, 0.3) is 0 Å². The molecule has 0 aromatic heterocycles. The van der Waals surface area contributed by atoms with E-state index in [1.54, 1.807) is 50.4 Å². The van der Waals surface area contributed by atoms with Gasteiger partial charge in [0.25, 0.3) is 15.9 Å². The molecule has 180 valence electrons. The highest BCUT2D eigenvalue weighted by molar-refractivity contribution is 7.92. The third kappa shape index (κ3) is 6.15. The SMILES string of the molecule is COc1cccc([C@@H](CNC(=O)c2ccc(NS(=O)(=O)c3cc(C)ccc3C)cc2)N(C)C)c1. The number of nitrogens with one attached hydrogen (secondary N) is 2. The van der Waals surface area contributed by atoms with Crippen molar-refractivity contribution in [2.24, 2.45) is 0 Å². The normalized spacial score (nSPS) is 12.3. The van der Waals surface area contributed by atoms with Crippen molar-refractivity contribution < 1.29 is 17.9 Å². The van der Waals surface area contributed by atoms with Crippen LogP contribution in [0.2, 0.25) is 0 Å². The zero-order chi connectivity index (χ0) is 24.9. The van der Waals surface area contributed by atoms with Crippen LogP contribution < -0.4 is 14.8 Å². The van der Waals surface area contributed by atoms with Crippen LogP contribution in [-0.4, -0.2) is 47.0 Å². The van der Waals surface area contributed by atoms with Gasteiger partial charge in [0.1, 0.15) is 5.75 Å². The van der Waals surface area contributed by atoms with Crippen molar-refractivity contribution in [2.75, 3.05) is 32.5 Å². The minimum Gasteiger partial charge on any atom is -0.497 e. The number of aryl methyl sites for hydroxylation is 2. The van der Waals surface area contributed by atoms with Gasteiger partial charge in [-0.05, 0) is 87.1 Å². The summed E-state index contributed by atoms with van der Waals surface area (Å²) in [5.41, 5.74) is 3.39. The molecule has 1 amide bonds. The molecule has 0 fully saturated rings. The molecule has 0 bridgehead atoms. The van der Waals surface area contributed by atoms with Gasteiger partial charge in [0.2, 0.25) is 0 Å². The Kier molecular flexibility index (Phi) is 7.96. The summed E-state index contributed by atoms with van der Waals surface area (Å²) >= 11 is 0. The first-order chi connectivity index (χ1) is 16.1. The van der Waals surface area contributed by atoms with E-state index in [0.29, 0.717) is 23.4 Å². The third-order valence-electron chi connectivity index (χ3n) is 5.59. The van der Waals surface area contributed by atoms with E-state index in [9.17, 15) is 13.2 Å². The van der Waals surface area contributed by atoms with Gasteiger partial charge < -0.3 is 15.0 Å². The van der Waals surface area contributed by atoms with Crippen LogP contribution in [0.3, 0.4) is 0 Å². The van der Waals surface area contributed by atoms with Gasteiger partial charge in [0.05, 0.1) is 18.0 Å². The van der Waals surface area contributed by atoms with Crippen molar-refractivity contribution in [3.05, 3.63) is 89.0 Å². The predicted octanol–water partition coefficient (Wildman–Crippen LogP) is 4.15. The molecule has 0 aliphatic carbocycles. The summed E-state index contributed by atoms with van der Waals surface area (Å²) in [4.78, 5) is 15.0. The summed E-state index contributed by atoms with van der Waals surface area (Å²) in [6.07, 6.45) is 0. The second kappa shape index (κ2) is 10.7. The Morgan fingerprint density at radius 2 is 1.71 bits per heavy atom. The van der Waals surface area contributed by atoms with Gasteiger partial charge in [0.15, 0.2) is 0 Å². The van der Waals surface area contributed by atoms with Gasteiger partial charge in [-0.1, -0.05) is 24.3 Å². The molecule has 0 aliphatic rings. The Balaban J connectivity index is 1.68. The molecule has 7 nitrogen and oxygen atoms in total. The summed E-state index contributed by atoms with van der Waals surface area (Å²) < 4.78 is 33.5. The highest BCUT2D eigenvalue weighted by Gasteiger charge is 2.19. The molecule has 0 spiro atoms. The Hall–Kier alpha value is -3.36. The first kappa shape index (κ1) is 25.3. The highest BCUT2D eigenvalue weighted by Crippen LogP contribution is 2.23. The fraction of sp³-hybridized carbons (Fsp3) is 0.269. The molecule has 3 rings (SSSR count). The molecular weight excluding hydrogens is 450 g/mol. The van der Waals surface area contributed by atoms with E-state index in [-0.39, 0.29) is 16.8 Å². The number of nitrogens with zero attached hydrogens (tertiary/aromatic N) is 1. The van der Waals surface area contributed by atoms with Crippen molar-refractivity contribution in [3.63, 3.8) is 0 Å². The van der Waals surface area contributed by atoms with Crippen LogP contribution in [-0.2, 0) is 10.0 Å². The van der Waals surface area contributed by atoms with Crippen molar-refractivity contribution in [1.29, 1.82) is 0 Å². The van der Waals surface area contributed by atoms with Crippen LogP contribution in [0.5, 0.6) is 5.75 Å². The molecule has 1 atom stereocenters. The van der Waals surface area contributed by atoms with Gasteiger partial charge in [-0.15, -0.1) is 0 Å². The maximum absolute atomic E-state index is 12.8. The van der Waals surface area contributed by atoms with Crippen molar-refractivity contribution in [3.8, 4) is 5.75 Å². The maximum Gasteiger partial charge on any atom is 0.262 e. The van der Waals surface area contributed by atoms with Crippen molar-refractivity contribution >= 4 is 21.6 Å². The smallest absolute Gasteiger partial charge is 0.262 e. The molecule has 3 aromatic rings. The molecule has 0 saturated heterocycles. The average molecular weight is 482 g/mol. The number of hydrogen-bond donors (Lipinski definition) is 2. The lowest BCUT2D eigenvalue weighted by atomic mass is 10.1. The van der Waals surface area contributed by atoms with Crippen LogP contribution in [0.1, 0.15) is 33.1 Å². The monoisotopic (exact) mass is 481 g/mol. The van der Waals surface area contributed by atoms with E-state index in [4.69, 9.17) is 4.74 Å². The van der Waals surface area contributed by atoms with Gasteiger partial charge in [-0.2, -0.15) is 0 Å². The Morgan fingerprint density at radius 1 is 1.00 bits per heavy atom. The molecular formula is C26H31N3O4S. The summed E-state index contributed by atoms with van der Waals surface area (Å²) in [7, 11) is 1.79. The molecule has 2 N–H and O–H groups in total. The molecule has 8 heteroatoms. The topological polar surface area (TPSA) is 87.7 Å². The first-order valence-corrected chi connectivity index (χ1v) is 12.4. The van der Waals surface area contributed by atoms with E-state index in [1.807, 2.05) is 56.3 Å². The number of likely N-dealkylation sites (N-methyl/N-ethyl adjacent to an activating group) is 1. The molecule has 3 aromatic carbocycles. The number of rotatable bonds is 9. The fourth-order valence-electron chi connectivity index (χ4n) is 3.64. The van der Waals surface area contributed by atoms with E-state index >= 15 is 0 Å². The molecule has 0 heterocycles. The van der Waals surface area contributed by atoms with Crippen molar-refractivity contribution in [1.82, 2.24) is 10.2 Å². The molecule has 0 saturated carbocycles. The number of anilines is 1. The Labute approximate surface area is 201 Å². The fourth-order valence-corrected chi connectivity index (χ4v) is 5.02. The van der Waals surface area contributed by atoms with E-state index in [1.165, 1.54) is 0 Å². The minimum atomic E-state index is -3.73. The number of benzene rings is 3. The quantitative estimate of drug-likeness (QED) is 0.480. The molecule has 0 aliphatic heterocycles. The van der Waals surface area contributed by atoms with Crippen LogP contribution in [0.4, 0.5) is 5.69 Å². The summed E-state index contributed by atoms with van der Waals surface area (Å²) in [6.45, 7) is 4.01. The zero-order valence-corrected chi connectivity index (χ0v) is 20.9. The highest BCUT2D eigenvalue weighted by atomic mass is 32.2. The molecule has 34 heavy (non-hydrogen) atoms. The van der Waals surface area contributed by atoms with E-state index in [2.05, 4.69) is 10.0 Å². The van der Waals surface area contributed by atoms with E-state index in [0.717, 1.165) is 16.9 Å². The van der Waals surface area contributed by atoms with Gasteiger partial charge in [0, 0.05) is 17.8 Å². The number of sulfonamides is 1. The Morgan fingerprint density at radius 3 is 2.35 bits per heavy atom. The second-order valence-electron chi connectivity index (χ2n) is 8.42. The average Bonchev–Trinajstić information content (AvgIpc) is 2.80. The Bertz CT molecular complexity index is 1260. The zero-order valence-electron chi connectivity index (χ0n) is 20.1. The predicted molar refractivity (Wildman–Crippen MR) is 135 cm³/mol. The van der Waals surface area contributed by atoms with Gasteiger partial charge >= 0.3 is 0 Å². The van der Waals surface area contributed by atoms with Crippen molar-refractivity contribution in [2.45, 2.75) is 24.8 Å². The molecule has 0 radical (unpaired) electrons. The second-order valence-corrected chi connectivity index (χ2v) is 10.1. The van der Waals surface area contributed by atoms with Crippen LogP contribution in [0.15, 0.2) is 71.6 Å². The standard InChI is InChI=1S/C26H31N3O4S/c1-18-9-10-19(2)25(15-18)34(31,32)28-22-13-11-20(12-14-22)26(30)27-17-24(29(3)4)21-7-6-8-23(16-21)33-5/h6-16,24,28H,17H2,1-5H3,(H,27,30)/t24-/m1/s1. The lowest BCUT2D eigenvalue weighted by Gasteiger charge is -2.25. The summed E-state index contributed by atoms with van der Waals surface area (Å²) in [5, 5.41) is 2.96. The number of carbonyl (C=O) groups excluding carboxylic acids is 1. The van der Waals surface area contributed by atoms with E-state index < -0.39 is 10.0 Å².